The molecule has 0 rings (SSSR count). The Hall–Kier alpha value is -0.0800. The summed E-state index contributed by atoms with van der Waals surface area (Å²) in [6.07, 6.45) is 2.51. The van der Waals surface area contributed by atoms with E-state index < -0.39 is 0 Å². The lowest BCUT2D eigenvalue weighted by Gasteiger charge is -2.13. The lowest BCUT2D eigenvalue weighted by atomic mass is 10.1. The fourth-order valence-electron chi connectivity index (χ4n) is 0.813. The van der Waals surface area contributed by atoms with Gasteiger partial charge in [0, 0.05) is 13.6 Å². The van der Waals surface area contributed by atoms with Gasteiger partial charge in [-0.3, -0.25) is 0 Å². The first-order valence-electron chi connectivity index (χ1n) is 3.92. The highest BCUT2D eigenvalue weighted by Gasteiger charge is 1.96. The van der Waals surface area contributed by atoms with Crippen molar-refractivity contribution in [3.8, 4) is 0 Å². The van der Waals surface area contributed by atoms with Crippen LogP contribution in [-0.2, 0) is 4.84 Å². The fraction of sp³-hybridized carbons (Fsp3) is 1.00. The van der Waals surface area contributed by atoms with E-state index in [1.165, 1.54) is 12.8 Å². The average molecular weight is 145 g/mol. The smallest absolute Gasteiger partial charge is 0.0575 e. The van der Waals surface area contributed by atoms with Crippen LogP contribution in [0.4, 0.5) is 0 Å². The number of hydroxylamine groups is 2. The van der Waals surface area contributed by atoms with Crippen LogP contribution in [0.1, 0.15) is 26.7 Å². The Bertz CT molecular complexity index is 73.7. The van der Waals surface area contributed by atoms with Crippen molar-refractivity contribution < 1.29 is 4.84 Å². The number of hydrogen-bond acceptors (Lipinski definition) is 2. The minimum absolute atomic E-state index is 0.810. The van der Waals surface area contributed by atoms with E-state index in [4.69, 9.17) is 4.84 Å². The van der Waals surface area contributed by atoms with Crippen molar-refractivity contribution in [3.05, 3.63) is 0 Å². The maximum atomic E-state index is 4.97. The summed E-state index contributed by atoms with van der Waals surface area (Å²) < 4.78 is 0. The first-order chi connectivity index (χ1) is 4.66. The van der Waals surface area contributed by atoms with Gasteiger partial charge in [0.1, 0.15) is 0 Å². The highest BCUT2D eigenvalue weighted by Crippen LogP contribution is 2.03. The SMILES string of the molecule is CON(C)CCCC(C)C. The third-order valence-corrected chi connectivity index (χ3v) is 1.57. The summed E-state index contributed by atoms with van der Waals surface area (Å²) in [5, 5.41) is 1.86. The van der Waals surface area contributed by atoms with Crippen molar-refractivity contribution in [2.45, 2.75) is 26.7 Å². The van der Waals surface area contributed by atoms with Crippen LogP contribution < -0.4 is 0 Å². The maximum Gasteiger partial charge on any atom is 0.0575 e. The Morgan fingerprint density at radius 2 is 2.00 bits per heavy atom. The van der Waals surface area contributed by atoms with Gasteiger partial charge >= 0.3 is 0 Å². The molecule has 0 aromatic heterocycles. The zero-order chi connectivity index (χ0) is 7.98. The molecule has 0 bridgehead atoms. The Morgan fingerprint density at radius 3 is 2.40 bits per heavy atom. The van der Waals surface area contributed by atoms with E-state index in [2.05, 4.69) is 13.8 Å². The van der Waals surface area contributed by atoms with Crippen molar-refractivity contribution in [3.63, 3.8) is 0 Å². The van der Waals surface area contributed by atoms with E-state index in [0.29, 0.717) is 0 Å². The van der Waals surface area contributed by atoms with Gasteiger partial charge < -0.3 is 4.84 Å². The molecule has 0 aromatic rings. The van der Waals surface area contributed by atoms with Gasteiger partial charge in [0.2, 0.25) is 0 Å². The predicted octanol–water partition coefficient (Wildman–Crippen LogP) is 1.92. The van der Waals surface area contributed by atoms with Gasteiger partial charge in [-0.25, -0.2) is 0 Å². The summed E-state index contributed by atoms with van der Waals surface area (Å²) in [5.41, 5.74) is 0. The van der Waals surface area contributed by atoms with Gasteiger partial charge in [0.25, 0.3) is 0 Å². The van der Waals surface area contributed by atoms with Crippen LogP contribution in [-0.4, -0.2) is 25.8 Å². The first kappa shape index (κ1) is 9.92. The summed E-state index contributed by atoms with van der Waals surface area (Å²) in [6, 6.07) is 0. The molecule has 0 N–H and O–H groups in total. The molecule has 0 saturated heterocycles. The van der Waals surface area contributed by atoms with Crippen molar-refractivity contribution in [2.24, 2.45) is 5.92 Å². The highest BCUT2D eigenvalue weighted by molar-refractivity contribution is 4.46. The number of rotatable bonds is 5. The van der Waals surface area contributed by atoms with Gasteiger partial charge in [-0.15, -0.1) is 0 Å². The fourth-order valence-corrected chi connectivity index (χ4v) is 0.813. The van der Waals surface area contributed by atoms with Gasteiger partial charge in [-0.2, -0.15) is 5.06 Å². The van der Waals surface area contributed by atoms with Crippen molar-refractivity contribution in [1.82, 2.24) is 5.06 Å². The van der Waals surface area contributed by atoms with Gasteiger partial charge in [-0.1, -0.05) is 13.8 Å². The van der Waals surface area contributed by atoms with Crippen LogP contribution in [0.2, 0.25) is 0 Å². The second-order valence-electron chi connectivity index (χ2n) is 3.07. The Kier molecular flexibility index (Phi) is 5.64. The zero-order valence-corrected chi connectivity index (χ0v) is 7.55. The molecular formula is C8H19NO. The number of nitrogens with zero attached hydrogens (tertiary/aromatic N) is 1. The molecule has 0 aromatic carbocycles. The third-order valence-electron chi connectivity index (χ3n) is 1.57. The molecule has 62 valence electrons. The molecule has 2 nitrogen and oxygen atoms in total. The van der Waals surface area contributed by atoms with Crippen molar-refractivity contribution >= 4 is 0 Å². The first-order valence-corrected chi connectivity index (χ1v) is 3.92. The van der Waals surface area contributed by atoms with Crippen LogP contribution in [0.5, 0.6) is 0 Å². The second kappa shape index (κ2) is 5.69. The molecule has 0 unspecified atom stereocenters. The summed E-state index contributed by atoms with van der Waals surface area (Å²) in [5.74, 6) is 0.810. The maximum absolute atomic E-state index is 4.97. The molecule has 0 radical (unpaired) electrons. The summed E-state index contributed by atoms with van der Waals surface area (Å²) >= 11 is 0. The summed E-state index contributed by atoms with van der Waals surface area (Å²) in [6.45, 7) is 5.52. The molecule has 0 spiro atoms. The molecule has 0 saturated carbocycles. The average Bonchev–Trinajstić information content (AvgIpc) is 1.87. The Morgan fingerprint density at radius 1 is 1.40 bits per heavy atom. The molecule has 0 aliphatic rings. The summed E-state index contributed by atoms with van der Waals surface area (Å²) in [7, 11) is 3.66. The molecular weight excluding hydrogens is 126 g/mol. The number of hydrogen-bond donors (Lipinski definition) is 0. The topological polar surface area (TPSA) is 12.5 Å². The lowest BCUT2D eigenvalue weighted by molar-refractivity contribution is -0.109. The molecule has 0 atom stereocenters. The van der Waals surface area contributed by atoms with Crippen molar-refractivity contribution in [2.75, 3.05) is 20.7 Å². The molecule has 0 amide bonds. The van der Waals surface area contributed by atoms with E-state index in [1.54, 1.807) is 7.11 Å². The Labute approximate surface area is 64.1 Å². The monoisotopic (exact) mass is 145 g/mol. The van der Waals surface area contributed by atoms with E-state index in [-0.39, 0.29) is 0 Å². The molecule has 10 heavy (non-hydrogen) atoms. The van der Waals surface area contributed by atoms with Crippen LogP contribution in [0.3, 0.4) is 0 Å². The van der Waals surface area contributed by atoms with E-state index in [9.17, 15) is 0 Å². The minimum Gasteiger partial charge on any atom is -0.303 e. The van der Waals surface area contributed by atoms with E-state index in [0.717, 1.165) is 12.5 Å². The van der Waals surface area contributed by atoms with E-state index in [1.807, 2.05) is 12.1 Å². The van der Waals surface area contributed by atoms with Crippen LogP contribution in [0, 0.1) is 5.92 Å². The second-order valence-corrected chi connectivity index (χ2v) is 3.07. The van der Waals surface area contributed by atoms with Gasteiger partial charge in [0.05, 0.1) is 7.11 Å². The quantitative estimate of drug-likeness (QED) is 0.548. The predicted molar refractivity (Wildman–Crippen MR) is 43.7 cm³/mol. The van der Waals surface area contributed by atoms with Gasteiger partial charge in [0.15, 0.2) is 0 Å². The largest absolute Gasteiger partial charge is 0.303 e. The van der Waals surface area contributed by atoms with Crippen LogP contribution in [0.25, 0.3) is 0 Å². The van der Waals surface area contributed by atoms with E-state index >= 15 is 0 Å². The van der Waals surface area contributed by atoms with Crippen LogP contribution >= 0.6 is 0 Å². The summed E-state index contributed by atoms with van der Waals surface area (Å²) in [4.78, 5) is 4.97. The highest BCUT2D eigenvalue weighted by atomic mass is 16.7. The normalized spacial score (nSPS) is 11.4. The van der Waals surface area contributed by atoms with Crippen molar-refractivity contribution in [1.29, 1.82) is 0 Å². The third kappa shape index (κ3) is 6.05. The lowest BCUT2D eigenvalue weighted by Crippen LogP contribution is -2.18. The van der Waals surface area contributed by atoms with Crippen LogP contribution in [0.15, 0.2) is 0 Å². The zero-order valence-electron chi connectivity index (χ0n) is 7.55. The molecule has 0 aliphatic heterocycles. The molecule has 2 heteroatoms. The minimum atomic E-state index is 0.810. The molecule has 0 fully saturated rings. The van der Waals surface area contributed by atoms with Gasteiger partial charge in [-0.05, 0) is 18.8 Å². The Balaban J connectivity index is 3.03. The standard InChI is InChI=1S/C8H19NO/c1-8(2)6-5-7-9(3)10-4/h8H,5-7H2,1-4H3. The molecule has 0 aliphatic carbocycles. The molecule has 0 heterocycles.